The van der Waals surface area contributed by atoms with Crippen molar-refractivity contribution in [1.29, 1.82) is 0 Å². The number of carbonyl (C=O) groups excluding carboxylic acids is 1. The lowest BCUT2D eigenvalue weighted by atomic mass is 10.0. The Morgan fingerprint density at radius 2 is 2.18 bits per heavy atom. The quantitative estimate of drug-likeness (QED) is 0.473. The summed E-state index contributed by atoms with van der Waals surface area (Å²) < 4.78 is 0. The van der Waals surface area contributed by atoms with Crippen molar-refractivity contribution in [3.8, 4) is 0 Å². The van der Waals surface area contributed by atoms with Gasteiger partial charge in [0.2, 0.25) is 5.91 Å². The molecule has 1 aliphatic carbocycles. The second kappa shape index (κ2) is 5.29. The molecule has 3 atom stereocenters. The van der Waals surface area contributed by atoms with Crippen LogP contribution in [0.15, 0.2) is 12.2 Å². The summed E-state index contributed by atoms with van der Waals surface area (Å²) in [5.74, 6) is -1.63. The van der Waals surface area contributed by atoms with Gasteiger partial charge in [0.15, 0.2) is 0 Å². The zero-order valence-electron chi connectivity index (χ0n) is 9.72. The number of amides is 1. The smallest absolute Gasteiger partial charge is 0.306 e. The lowest BCUT2D eigenvalue weighted by Crippen LogP contribution is -2.43. The van der Waals surface area contributed by atoms with E-state index in [9.17, 15) is 14.7 Å². The molecule has 0 saturated carbocycles. The highest BCUT2D eigenvalue weighted by atomic mass is 16.4. The summed E-state index contributed by atoms with van der Waals surface area (Å²) >= 11 is 0. The highest BCUT2D eigenvalue weighted by Gasteiger charge is 2.27. The fourth-order valence-corrected chi connectivity index (χ4v) is 1.72. The van der Waals surface area contributed by atoms with E-state index in [0.29, 0.717) is 6.42 Å². The maximum atomic E-state index is 11.6. The first-order valence-corrected chi connectivity index (χ1v) is 5.46. The zero-order chi connectivity index (χ0) is 13.1. The van der Waals surface area contributed by atoms with Gasteiger partial charge in [-0.3, -0.25) is 9.59 Å². The fourth-order valence-electron chi connectivity index (χ4n) is 1.72. The van der Waals surface area contributed by atoms with Gasteiger partial charge in [-0.1, -0.05) is 12.2 Å². The van der Waals surface area contributed by atoms with E-state index in [4.69, 9.17) is 10.8 Å². The predicted octanol–water partition coefficient (Wildman–Crippen LogP) is -0.768. The van der Waals surface area contributed by atoms with Gasteiger partial charge in [-0.25, -0.2) is 0 Å². The third-order valence-electron chi connectivity index (χ3n) is 2.63. The molecule has 1 rings (SSSR count). The number of nitrogens with one attached hydrogen (secondary N) is 1. The third kappa shape index (κ3) is 4.54. The maximum Gasteiger partial charge on any atom is 0.306 e. The number of nitrogens with two attached hydrogens (primary N) is 1. The van der Waals surface area contributed by atoms with Crippen LogP contribution in [0.3, 0.4) is 0 Å². The van der Waals surface area contributed by atoms with E-state index in [1.165, 1.54) is 6.92 Å². The molecule has 0 bridgehead atoms. The lowest BCUT2D eigenvalue weighted by molar-refractivity contribution is -0.142. The number of aliphatic hydroxyl groups is 1. The minimum atomic E-state index is -1.44. The molecule has 1 amide bonds. The maximum absolute atomic E-state index is 11.6. The Bertz CT molecular complexity index is 338. The molecule has 6 heteroatoms. The van der Waals surface area contributed by atoms with Gasteiger partial charge in [-0.15, -0.1) is 0 Å². The minimum absolute atomic E-state index is 0.0856. The Hall–Kier alpha value is -1.40. The first-order valence-electron chi connectivity index (χ1n) is 5.46. The Morgan fingerprint density at radius 1 is 1.53 bits per heavy atom. The monoisotopic (exact) mass is 242 g/mol. The normalized spacial score (nSPS) is 26.5. The molecule has 0 radical (unpaired) electrons. The van der Waals surface area contributed by atoms with E-state index in [0.717, 1.165) is 0 Å². The first-order chi connectivity index (χ1) is 7.80. The standard InChI is InChI=1S/C11H18N2O4/c1-11(17,5-9(14)15)6-13-10(16)7-2-3-8(12)4-7/h2-3,7-8,17H,4-6,12H2,1H3,(H,13,16)(H,14,15). The van der Waals surface area contributed by atoms with Crippen molar-refractivity contribution in [2.75, 3.05) is 6.54 Å². The van der Waals surface area contributed by atoms with E-state index in [2.05, 4.69) is 5.32 Å². The summed E-state index contributed by atoms with van der Waals surface area (Å²) in [7, 11) is 0. The number of carboxylic acid groups (broad SMARTS) is 1. The molecule has 5 N–H and O–H groups in total. The molecule has 0 aromatic carbocycles. The fraction of sp³-hybridized carbons (Fsp3) is 0.636. The molecule has 96 valence electrons. The van der Waals surface area contributed by atoms with Gasteiger partial charge in [0.05, 0.1) is 17.9 Å². The molecule has 0 spiro atoms. The van der Waals surface area contributed by atoms with Crippen molar-refractivity contribution in [1.82, 2.24) is 5.32 Å². The van der Waals surface area contributed by atoms with E-state index < -0.39 is 18.0 Å². The van der Waals surface area contributed by atoms with Crippen LogP contribution in [0, 0.1) is 5.92 Å². The van der Waals surface area contributed by atoms with Crippen LogP contribution >= 0.6 is 0 Å². The summed E-state index contributed by atoms with van der Waals surface area (Å²) in [6.45, 7) is 1.29. The molecule has 3 unspecified atom stereocenters. The summed E-state index contributed by atoms with van der Waals surface area (Å²) in [5.41, 5.74) is 4.18. The molecule has 1 aliphatic rings. The SMILES string of the molecule is CC(O)(CNC(=O)C1C=CC(N)C1)CC(=O)O. The van der Waals surface area contributed by atoms with E-state index in [-0.39, 0.29) is 24.4 Å². The number of rotatable bonds is 5. The topological polar surface area (TPSA) is 113 Å². The molecule has 0 aromatic rings. The molecule has 0 fully saturated rings. The van der Waals surface area contributed by atoms with Crippen LogP contribution in [0.5, 0.6) is 0 Å². The highest BCUT2D eigenvalue weighted by molar-refractivity contribution is 5.81. The molecule has 6 nitrogen and oxygen atoms in total. The lowest BCUT2D eigenvalue weighted by Gasteiger charge is -2.22. The van der Waals surface area contributed by atoms with Crippen molar-refractivity contribution in [2.24, 2.45) is 11.7 Å². The molecule has 0 aliphatic heterocycles. The molecule has 0 aromatic heterocycles. The molecule has 0 heterocycles. The number of hydrogen-bond donors (Lipinski definition) is 4. The second-order valence-electron chi connectivity index (χ2n) is 4.68. The van der Waals surface area contributed by atoms with Gasteiger partial charge >= 0.3 is 5.97 Å². The van der Waals surface area contributed by atoms with Gasteiger partial charge in [0, 0.05) is 12.6 Å². The van der Waals surface area contributed by atoms with E-state index in [1.807, 2.05) is 0 Å². The van der Waals surface area contributed by atoms with Gasteiger partial charge < -0.3 is 21.3 Å². The average molecular weight is 242 g/mol. The minimum Gasteiger partial charge on any atom is -0.481 e. The van der Waals surface area contributed by atoms with Crippen LogP contribution in [0.25, 0.3) is 0 Å². The Balaban J connectivity index is 2.38. The Kier molecular flexibility index (Phi) is 4.25. The molecule has 17 heavy (non-hydrogen) atoms. The van der Waals surface area contributed by atoms with Crippen LogP contribution in [0.4, 0.5) is 0 Å². The van der Waals surface area contributed by atoms with Gasteiger partial charge in [-0.2, -0.15) is 0 Å². The first kappa shape index (κ1) is 13.7. The number of aliphatic carboxylic acids is 1. The van der Waals surface area contributed by atoms with Crippen LogP contribution in [-0.2, 0) is 9.59 Å². The van der Waals surface area contributed by atoms with Crippen LogP contribution in [0.2, 0.25) is 0 Å². The van der Waals surface area contributed by atoms with Crippen molar-refractivity contribution in [3.63, 3.8) is 0 Å². The van der Waals surface area contributed by atoms with Crippen molar-refractivity contribution in [3.05, 3.63) is 12.2 Å². The largest absolute Gasteiger partial charge is 0.481 e. The van der Waals surface area contributed by atoms with E-state index in [1.54, 1.807) is 12.2 Å². The number of hydrogen-bond acceptors (Lipinski definition) is 4. The van der Waals surface area contributed by atoms with Crippen LogP contribution < -0.4 is 11.1 Å². The summed E-state index contributed by atoms with van der Waals surface area (Å²) in [6, 6.07) is -0.106. The average Bonchev–Trinajstić information content (AvgIpc) is 2.59. The van der Waals surface area contributed by atoms with Crippen molar-refractivity contribution >= 4 is 11.9 Å². The summed E-state index contributed by atoms with van der Waals surface area (Å²) in [5, 5.41) is 20.8. The van der Waals surface area contributed by atoms with Crippen LogP contribution in [0.1, 0.15) is 19.8 Å². The summed E-state index contributed by atoms with van der Waals surface area (Å²) in [6.07, 6.45) is 3.63. The zero-order valence-corrected chi connectivity index (χ0v) is 9.72. The predicted molar refractivity (Wildman–Crippen MR) is 61.1 cm³/mol. The summed E-state index contributed by atoms with van der Waals surface area (Å²) in [4.78, 5) is 22.1. The van der Waals surface area contributed by atoms with Crippen LogP contribution in [-0.4, -0.2) is 40.3 Å². The van der Waals surface area contributed by atoms with Gasteiger partial charge in [0.25, 0.3) is 0 Å². The van der Waals surface area contributed by atoms with Gasteiger partial charge in [-0.05, 0) is 13.3 Å². The second-order valence-corrected chi connectivity index (χ2v) is 4.68. The molecular formula is C11H18N2O4. The third-order valence-corrected chi connectivity index (χ3v) is 2.63. The molecule has 0 saturated heterocycles. The number of carbonyl (C=O) groups is 2. The highest BCUT2D eigenvalue weighted by Crippen LogP contribution is 2.16. The molecular weight excluding hydrogens is 224 g/mol. The number of carboxylic acids is 1. The Morgan fingerprint density at radius 3 is 2.65 bits per heavy atom. The van der Waals surface area contributed by atoms with Crippen molar-refractivity contribution < 1.29 is 19.8 Å². The van der Waals surface area contributed by atoms with Gasteiger partial charge in [0.1, 0.15) is 0 Å². The van der Waals surface area contributed by atoms with E-state index >= 15 is 0 Å². The Labute approximate surface area is 99.5 Å². The van der Waals surface area contributed by atoms with Crippen molar-refractivity contribution in [2.45, 2.75) is 31.4 Å².